The molecular weight excluding hydrogens is 240 g/mol. The zero-order valence-electron chi connectivity index (χ0n) is 12.2. The van der Waals surface area contributed by atoms with Gasteiger partial charge in [-0.3, -0.25) is 0 Å². The van der Waals surface area contributed by atoms with E-state index in [2.05, 4.69) is 10.6 Å². The van der Waals surface area contributed by atoms with Crippen LogP contribution in [-0.2, 0) is 0 Å². The highest BCUT2D eigenvalue weighted by atomic mass is 14.9. The Morgan fingerprint density at radius 1 is 0.684 bits per heavy atom. The molecule has 0 bridgehead atoms. The lowest BCUT2D eigenvalue weighted by atomic mass is 10.0. The molecule has 0 saturated carbocycles. The second-order valence-corrected chi connectivity index (χ2v) is 5.14. The maximum absolute atomic E-state index is 5.99. The van der Waals surface area contributed by atoms with E-state index >= 15 is 0 Å². The molecule has 0 rings (SSSR count). The van der Waals surface area contributed by atoms with Crippen molar-refractivity contribution in [1.29, 1.82) is 0 Å². The van der Waals surface area contributed by atoms with Crippen LogP contribution in [0.5, 0.6) is 0 Å². The van der Waals surface area contributed by atoms with Gasteiger partial charge in [0.25, 0.3) is 0 Å². The highest BCUT2D eigenvalue weighted by Gasteiger charge is 2.03. The summed E-state index contributed by atoms with van der Waals surface area (Å²) in [6, 6.07) is 0.484. The molecule has 0 aliphatic heterocycles. The first-order valence-electron chi connectivity index (χ1n) is 7.53. The van der Waals surface area contributed by atoms with Gasteiger partial charge >= 0.3 is 0 Å². The fourth-order valence-corrected chi connectivity index (χ4v) is 1.97. The van der Waals surface area contributed by atoms with Gasteiger partial charge in [-0.1, -0.05) is 19.3 Å². The molecule has 0 heterocycles. The maximum Gasteiger partial charge on any atom is 0.0165 e. The summed E-state index contributed by atoms with van der Waals surface area (Å²) in [5, 5.41) is 6.47. The van der Waals surface area contributed by atoms with E-state index in [1.165, 1.54) is 19.3 Å². The molecule has 0 aromatic rings. The first-order valence-corrected chi connectivity index (χ1v) is 7.53. The van der Waals surface area contributed by atoms with Crippen LogP contribution in [0.25, 0.3) is 0 Å². The zero-order chi connectivity index (χ0) is 14.3. The van der Waals surface area contributed by atoms with E-state index in [-0.39, 0.29) is 12.1 Å². The quantitative estimate of drug-likeness (QED) is 0.218. The van der Waals surface area contributed by atoms with E-state index in [1.807, 2.05) is 0 Å². The number of hydrogen-bond acceptors (Lipinski definition) is 6. The van der Waals surface area contributed by atoms with Crippen molar-refractivity contribution in [2.75, 3.05) is 39.3 Å². The normalized spacial score (nSPS) is 14.5. The van der Waals surface area contributed by atoms with Crippen molar-refractivity contribution in [2.45, 2.75) is 44.2 Å². The third-order valence-electron chi connectivity index (χ3n) is 3.11. The minimum Gasteiger partial charge on any atom is -0.329 e. The number of nitrogens with two attached hydrogens (primary N) is 4. The average Bonchev–Trinajstić information content (AvgIpc) is 2.39. The van der Waals surface area contributed by atoms with Crippen molar-refractivity contribution < 1.29 is 0 Å². The molecule has 0 saturated heterocycles. The van der Waals surface area contributed by atoms with Gasteiger partial charge in [-0.2, -0.15) is 0 Å². The Morgan fingerprint density at radius 2 is 1.11 bits per heavy atom. The number of nitrogens with one attached hydrogen (secondary N) is 2. The molecule has 0 aliphatic rings. The summed E-state index contributed by atoms with van der Waals surface area (Å²) in [6.45, 7) is 4.75. The van der Waals surface area contributed by atoms with Gasteiger partial charge in [-0.15, -0.1) is 0 Å². The van der Waals surface area contributed by atoms with E-state index in [9.17, 15) is 0 Å². The van der Waals surface area contributed by atoms with Gasteiger partial charge in [-0.05, 0) is 12.8 Å². The van der Waals surface area contributed by atoms with Gasteiger partial charge < -0.3 is 33.6 Å². The lowest BCUT2D eigenvalue weighted by molar-refractivity contribution is 0.483. The summed E-state index contributed by atoms with van der Waals surface area (Å²) in [4.78, 5) is 0. The fourth-order valence-electron chi connectivity index (χ4n) is 1.97. The SMILES string of the molecule is NCCNCC(N)CCCCCC(N)CNCCN. The van der Waals surface area contributed by atoms with Crippen LogP contribution in [0.2, 0.25) is 0 Å². The number of unbranched alkanes of at least 4 members (excludes halogenated alkanes) is 2. The molecule has 2 atom stereocenters. The Morgan fingerprint density at radius 3 is 1.47 bits per heavy atom. The molecule has 10 N–H and O–H groups in total. The minimum atomic E-state index is 0.242. The van der Waals surface area contributed by atoms with Crippen LogP contribution < -0.4 is 33.6 Å². The Hall–Kier alpha value is -0.240. The molecular formula is C13H34N6. The van der Waals surface area contributed by atoms with Gasteiger partial charge in [-0.25, -0.2) is 0 Å². The highest BCUT2D eigenvalue weighted by Crippen LogP contribution is 2.06. The lowest BCUT2D eigenvalue weighted by Crippen LogP contribution is -2.36. The van der Waals surface area contributed by atoms with Gasteiger partial charge in [0, 0.05) is 51.4 Å². The molecule has 6 nitrogen and oxygen atoms in total. The van der Waals surface area contributed by atoms with Gasteiger partial charge in [0.1, 0.15) is 0 Å². The monoisotopic (exact) mass is 274 g/mol. The van der Waals surface area contributed by atoms with Crippen LogP contribution in [-0.4, -0.2) is 51.4 Å². The summed E-state index contributed by atoms with van der Waals surface area (Å²) >= 11 is 0. The van der Waals surface area contributed by atoms with Gasteiger partial charge in [0.05, 0.1) is 0 Å². The molecule has 6 heteroatoms. The van der Waals surface area contributed by atoms with Crippen LogP contribution in [0.4, 0.5) is 0 Å². The van der Waals surface area contributed by atoms with Crippen molar-refractivity contribution in [3.8, 4) is 0 Å². The van der Waals surface area contributed by atoms with Crippen LogP contribution in [0.15, 0.2) is 0 Å². The molecule has 0 aromatic carbocycles. The number of hydrogen-bond donors (Lipinski definition) is 6. The van der Waals surface area contributed by atoms with E-state index in [0.717, 1.165) is 39.0 Å². The first-order chi connectivity index (χ1) is 9.20. The molecule has 0 aromatic heterocycles. The average molecular weight is 274 g/mol. The van der Waals surface area contributed by atoms with E-state index in [4.69, 9.17) is 22.9 Å². The Balaban J connectivity index is 3.24. The second kappa shape index (κ2) is 14.2. The predicted molar refractivity (Wildman–Crippen MR) is 82.9 cm³/mol. The lowest BCUT2D eigenvalue weighted by Gasteiger charge is -2.14. The maximum atomic E-state index is 5.99. The van der Waals surface area contributed by atoms with Crippen molar-refractivity contribution in [3.63, 3.8) is 0 Å². The largest absolute Gasteiger partial charge is 0.329 e. The summed E-state index contributed by atoms with van der Waals surface area (Å²) in [6.07, 6.45) is 5.69. The van der Waals surface area contributed by atoms with E-state index in [1.54, 1.807) is 0 Å². The molecule has 0 aliphatic carbocycles. The van der Waals surface area contributed by atoms with Crippen molar-refractivity contribution in [3.05, 3.63) is 0 Å². The molecule has 19 heavy (non-hydrogen) atoms. The second-order valence-electron chi connectivity index (χ2n) is 5.14. The third kappa shape index (κ3) is 14.0. The summed E-state index contributed by atoms with van der Waals surface area (Å²) in [7, 11) is 0. The first kappa shape index (κ1) is 18.8. The molecule has 0 spiro atoms. The zero-order valence-corrected chi connectivity index (χ0v) is 12.2. The van der Waals surface area contributed by atoms with Crippen molar-refractivity contribution in [2.24, 2.45) is 22.9 Å². The number of rotatable bonds is 14. The van der Waals surface area contributed by atoms with Crippen molar-refractivity contribution in [1.82, 2.24) is 10.6 Å². The Labute approximate surface area is 118 Å². The summed E-state index contributed by atoms with van der Waals surface area (Å²) in [5.74, 6) is 0. The fraction of sp³-hybridized carbons (Fsp3) is 1.00. The predicted octanol–water partition coefficient (Wildman–Crippen LogP) is -1.31. The standard InChI is InChI=1S/C13H34N6/c14-6-8-18-10-12(16)4-2-1-3-5-13(17)11-19-9-7-15/h12-13,18-19H,1-11,14-17H2. The van der Waals surface area contributed by atoms with Crippen LogP contribution in [0, 0.1) is 0 Å². The van der Waals surface area contributed by atoms with Crippen LogP contribution in [0.3, 0.4) is 0 Å². The molecule has 0 amide bonds. The van der Waals surface area contributed by atoms with E-state index in [0.29, 0.717) is 13.1 Å². The van der Waals surface area contributed by atoms with Crippen molar-refractivity contribution >= 4 is 0 Å². The molecule has 0 fully saturated rings. The molecule has 116 valence electrons. The summed E-state index contributed by atoms with van der Waals surface area (Å²) in [5.41, 5.74) is 22.8. The topological polar surface area (TPSA) is 128 Å². The third-order valence-corrected chi connectivity index (χ3v) is 3.11. The van der Waals surface area contributed by atoms with Gasteiger partial charge in [0.15, 0.2) is 0 Å². The highest BCUT2D eigenvalue weighted by molar-refractivity contribution is 4.67. The Kier molecular flexibility index (Phi) is 14.0. The Bertz CT molecular complexity index is 161. The van der Waals surface area contributed by atoms with Gasteiger partial charge in [0.2, 0.25) is 0 Å². The van der Waals surface area contributed by atoms with Crippen LogP contribution >= 0.6 is 0 Å². The summed E-state index contributed by atoms with van der Waals surface area (Å²) < 4.78 is 0. The minimum absolute atomic E-state index is 0.242. The van der Waals surface area contributed by atoms with Crippen LogP contribution in [0.1, 0.15) is 32.1 Å². The molecule has 0 radical (unpaired) electrons. The smallest absolute Gasteiger partial charge is 0.0165 e. The molecule has 2 unspecified atom stereocenters. The van der Waals surface area contributed by atoms with E-state index < -0.39 is 0 Å².